The largest absolute Gasteiger partial charge is 0.391 e. The number of fused-ring (bicyclic) bond motifs is 1. The molecule has 2 atom stereocenters. The fourth-order valence-electron chi connectivity index (χ4n) is 1.74. The Morgan fingerprint density at radius 3 is 3.18 bits per heavy atom. The number of hydrogen-bond acceptors (Lipinski definition) is 7. The van der Waals surface area contributed by atoms with E-state index in [1.807, 2.05) is 0 Å². The molecule has 0 bridgehead atoms. The van der Waals surface area contributed by atoms with Crippen LogP contribution in [0.2, 0.25) is 0 Å². The van der Waals surface area contributed by atoms with Crippen molar-refractivity contribution in [3.63, 3.8) is 0 Å². The summed E-state index contributed by atoms with van der Waals surface area (Å²) in [5, 5.41) is 8.92. The van der Waals surface area contributed by atoms with Gasteiger partial charge in [-0.25, -0.2) is 9.97 Å². The molecule has 3 N–H and O–H groups in total. The summed E-state index contributed by atoms with van der Waals surface area (Å²) in [6, 6.07) is 0. The first kappa shape index (κ1) is 10.4. The molecule has 2 aromatic heterocycles. The average molecular weight is 237 g/mol. The predicted octanol–water partition coefficient (Wildman–Crippen LogP) is -0.728. The van der Waals surface area contributed by atoms with Crippen molar-refractivity contribution >= 4 is 17.1 Å². The molecule has 1 saturated heterocycles. The van der Waals surface area contributed by atoms with Crippen LogP contribution in [0.3, 0.4) is 0 Å². The maximum atomic E-state index is 8.92. The van der Waals surface area contributed by atoms with Gasteiger partial charge < -0.3 is 20.3 Å². The van der Waals surface area contributed by atoms with E-state index < -0.39 is 6.29 Å². The highest BCUT2D eigenvalue weighted by molar-refractivity contribution is 5.70. The van der Waals surface area contributed by atoms with Gasteiger partial charge in [0.15, 0.2) is 18.2 Å². The highest BCUT2D eigenvalue weighted by Crippen LogP contribution is 2.24. The summed E-state index contributed by atoms with van der Waals surface area (Å²) >= 11 is 0. The minimum Gasteiger partial charge on any atom is -0.391 e. The van der Waals surface area contributed by atoms with E-state index in [4.69, 9.17) is 20.3 Å². The number of rotatable bonds is 2. The summed E-state index contributed by atoms with van der Waals surface area (Å²) in [6.45, 7) is 0.154. The van der Waals surface area contributed by atoms with Gasteiger partial charge in [-0.2, -0.15) is 4.98 Å². The van der Waals surface area contributed by atoms with Gasteiger partial charge in [0.2, 0.25) is 5.95 Å². The van der Waals surface area contributed by atoms with Crippen LogP contribution >= 0.6 is 0 Å². The molecular weight excluding hydrogens is 226 g/mol. The number of ether oxygens (including phenoxy) is 2. The SMILES string of the molecule is Nc1ncc2ncn(C3CO[C@@H](CO)O3)c2n1. The molecule has 0 saturated carbocycles. The van der Waals surface area contributed by atoms with E-state index in [0.717, 1.165) is 0 Å². The Morgan fingerprint density at radius 2 is 2.41 bits per heavy atom. The third-order valence-electron chi connectivity index (χ3n) is 2.53. The van der Waals surface area contributed by atoms with E-state index in [1.165, 1.54) is 0 Å². The minimum absolute atomic E-state index is 0.178. The van der Waals surface area contributed by atoms with Gasteiger partial charge in [0.25, 0.3) is 0 Å². The van der Waals surface area contributed by atoms with Crippen LogP contribution in [0, 0.1) is 0 Å². The first-order valence-corrected chi connectivity index (χ1v) is 5.11. The second-order valence-corrected chi connectivity index (χ2v) is 3.63. The number of hydrogen-bond donors (Lipinski definition) is 2. The summed E-state index contributed by atoms with van der Waals surface area (Å²) in [6.07, 6.45) is 2.18. The van der Waals surface area contributed by atoms with Crippen LogP contribution in [0.5, 0.6) is 0 Å². The quantitative estimate of drug-likeness (QED) is 0.708. The lowest BCUT2D eigenvalue weighted by molar-refractivity contribution is -0.0980. The summed E-state index contributed by atoms with van der Waals surface area (Å²) < 4.78 is 12.4. The zero-order chi connectivity index (χ0) is 11.8. The molecule has 3 heterocycles. The Balaban J connectivity index is 1.98. The van der Waals surface area contributed by atoms with E-state index in [1.54, 1.807) is 17.1 Å². The molecule has 1 aliphatic heterocycles. The predicted molar refractivity (Wildman–Crippen MR) is 56.7 cm³/mol. The van der Waals surface area contributed by atoms with Crippen molar-refractivity contribution in [1.29, 1.82) is 0 Å². The Hall–Kier alpha value is -1.77. The molecule has 0 radical (unpaired) electrons. The minimum atomic E-state index is -0.600. The van der Waals surface area contributed by atoms with Crippen LogP contribution in [0.25, 0.3) is 11.2 Å². The molecule has 17 heavy (non-hydrogen) atoms. The zero-order valence-corrected chi connectivity index (χ0v) is 8.85. The second-order valence-electron chi connectivity index (χ2n) is 3.63. The van der Waals surface area contributed by atoms with Crippen molar-refractivity contribution in [3.05, 3.63) is 12.5 Å². The van der Waals surface area contributed by atoms with Gasteiger partial charge in [-0.05, 0) is 0 Å². The third-order valence-corrected chi connectivity index (χ3v) is 2.53. The van der Waals surface area contributed by atoms with Gasteiger partial charge in [0.1, 0.15) is 5.52 Å². The second kappa shape index (κ2) is 3.91. The van der Waals surface area contributed by atoms with Crippen molar-refractivity contribution in [3.8, 4) is 0 Å². The van der Waals surface area contributed by atoms with Crippen molar-refractivity contribution in [2.75, 3.05) is 18.9 Å². The summed E-state index contributed by atoms with van der Waals surface area (Å²) in [7, 11) is 0. The van der Waals surface area contributed by atoms with E-state index in [0.29, 0.717) is 17.8 Å². The van der Waals surface area contributed by atoms with Crippen LogP contribution in [0.15, 0.2) is 12.5 Å². The van der Waals surface area contributed by atoms with E-state index in [9.17, 15) is 0 Å². The van der Waals surface area contributed by atoms with Crippen molar-refractivity contribution in [2.45, 2.75) is 12.5 Å². The number of nitrogens with two attached hydrogens (primary N) is 1. The van der Waals surface area contributed by atoms with E-state index in [2.05, 4.69) is 15.0 Å². The van der Waals surface area contributed by atoms with Gasteiger partial charge in [-0.3, -0.25) is 4.57 Å². The maximum absolute atomic E-state index is 8.92. The van der Waals surface area contributed by atoms with Crippen LogP contribution in [0.1, 0.15) is 6.23 Å². The van der Waals surface area contributed by atoms with Gasteiger partial charge in [0.05, 0.1) is 25.7 Å². The monoisotopic (exact) mass is 237 g/mol. The van der Waals surface area contributed by atoms with Crippen LogP contribution in [-0.2, 0) is 9.47 Å². The highest BCUT2D eigenvalue weighted by atomic mass is 16.7. The van der Waals surface area contributed by atoms with Crippen molar-refractivity contribution in [1.82, 2.24) is 19.5 Å². The Labute approximate surface area is 96.0 Å². The molecule has 0 aromatic carbocycles. The molecule has 1 aliphatic rings. The van der Waals surface area contributed by atoms with E-state index in [-0.39, 0.29) is 18.8 Å². The molecule has 1 fully saturated rings. The molecule has 2 aromatic rings. The summed E-state index contributed by atoms with van der Waals surface area (Å²) in [5.74, 6) is 0.178. The molecule has 1 unspecified atom stereocenters. The first-order valence-electron chi connectivity index (χ1n) is 5.11. The molecule has 0 aliphatic carbocycles. The molecule has 0 spiro atoms. The van der Waals surface area contributed by atoms with Crippen molar-refractivity contribution < 1.29 is 14.6 Å². The van der Waals surface area contributed by atoms with Crippen LogP contribution in [0.4, 0.5) is 5.95 Å². The molecule has 3 rings (SSSR count). The Bertz CT molecular complexity index is 542. The van der Waals surface area contributed by atoms with Gasteiger partial charge in [0, 0.05) is 0 Å². The Morgan fingerprint density at radius 1 is 1.53 bits per heavy atom. The number of aliphatic hydroxyl groups is 1. The highest BCUT2D eigenvalue weighted by Gasteiger charge is 2.28. The zero-order valence-electron chi connectivity index (χ0n) is 8.85. The standard InChI is InChI=1S/C9H11N5O3/c10-9-11-1-5-8(13-9)14(4-12-5)6-3-16-7(2-15)17-6/h1,4,6-7,15H,2-3H2,(H2,10,11,13)/t6?,7-/m1/s1. The number of nitrogens with zero attached hydrogens (tertiary/aromatic N) is 4. The fourth-order valence-corrected chi connectivity index (χ4v) is 1.74. The summed E-state index contributed by atoms with van der Waals surface area (Å²) in [4.78, 5) is 12.1. The average Bonchev–Trinajstić information content (AvgIpc) is 2.93. The smallest absolute Gasteiger partial charge is 0.222 e. The van der Waals surface area contributed by atoms with Crippen LogP contribution in [-0.4, -0.2) is 44.1 Å². The first-order chi connectivity index (χ1) is 8.28. The van der Waals surface area contributed by atoms with Crippen molar-refractivity contribution in [2.24, 2.45) is 0 Å². The third kappa shape index (κ3) is 1.71. The maximum Gasteiger partial charge on any atom is 0.222 e. The topological polar surface area (TPSA) is 108 Å². The lowest BCUT2D eigenvalue weighted by Crippen LogP contribution is -2.15. The fraction of sp³-hybridized carbons (Fsp3) is 0.444. The molecule has 90 valence electrons. The number of aromatic nitrogens is 4. The summed E-state index contributed by atoms with van der Waals surface area (Å²) in [5.41, 5.74) is 6.75. The number of imidazole rings is 1. The number of nitrogen functional groups attached to an aromatic ring is 1. The molecule has 8 heteroatoms. The lowest BCUT2D eigenvalue weighted by atomic mass is 10.5. The van der Waals surface area contributed by atoms with Gasteiger partial charge in [-0.1, -0.05) is 0 Å². The lowest BCUT2D eigenvalue weighted by Gasteiger charge is -2.11. The van der Waals surface area contributed by atoms with Gasteiger partial charge in [-0.15, -0.1) is 0 Å². The molecule has 0 amide bonds. The molecular formula is C9H11N5O3. The van der Waals surface area contributed by atoms with Crippen LogP contribution < -0.4 is 5.73 Å². The number of aliphatic hydroxyl groups excluding tert-OH is 1. The van der Waals surface area contributed by atoms with E-state index >= 15 is 0 Å². The number of anilines is 1. The van der Waals surface area contributed by atoms with Gasteiger partial charge >= 0.3 is 0 Å². The molecule has 8 nitrogen and oxygen atoms in total. The Kier molecular flexibility index (Phi) is 2.39. The normalized spacial score (nSPS) is 24.5.